The number of hydrogen-bond donors (Lipinski definition) is 1. The maximum Gasteiger partial charge on any atom is 0.123 e. The first-order valence-corrected chi connectivity index (χ1v) is 10.3. The topological polar surface area (TPSA) is 46.6 Å². The molecule has 1 aliphatic rings. The van der Waals surface area contributed by atoms with Gasteiger partial charge in [-0.15, -0.1) is 36.2 Å². The molecule has 0 amide bonds. The van der Waals surface area contributed by atoms with Crippen LogP contribution in [0.3, 0.4) is 0 Å². The molecule has 1 aromatic heterocycles. The SMILES string of the molecule is COc1ccc(-c2nc(CN3CCNCC3c3ccccc3OC)cs2)cc1.Cl.Cl. The van der Waals surface area contributed by atoms with Crippen molar-refractivity contribution in [1.82, 2.24) is 15.2 Å². The van der Waals surface area contributed by atoms with E-state index in [1.807, 2.05) is 24.3 Å². The highest BCUT2D eigenvalue weighted by Crippen LogP contribution is 2.32. The van der Waals surface area contributed by atoms with Gasteiger partial charge in [-0.05, 0) is 30.3 Å². The fraction of sp³-hybridized carbons (Fsp3) is 0.318. The second-order valence-electron chi connectivity index (χ2n) is 6.80. The van der Waals surface area contributed by atoms with Crippen LogP contribution in [-0.4, -0.2) is 43.7 Å². The van der Waals surface area contributed by atoms with E-state index in [-0.39, 0.29) is 30.9 Å². The molecule has 0 radical (unpaired) electrons. The number of methoxy groups -OCH3 is 2. The van der Waals surface area contributed by atoms with Gasteiger partial charge in [-0.3, -0.25) is 4.90 Å². The average Bonchev–Trinajstić information content (AvgIpc) is 3.23. The summed E-state index contributed by atoms with van der Waals surface area (Å²) in [4.78, 5) is 7.37. The smallest absolute Gasteiger partial charge is 0.123 e. The Labute approximate surface area is 194 Å². The van der Waals surface area contributed by atoms with Gasteiger partial charge in [0.05, 0.1) is 26.0 Å². The Morgan fingerprint density at radius 1 is 1.07 bits per heavy atom. The van der Waals surface area contributed by atoms with Crippen LogP contribution in [0.15, 0.2) is 53.9 Å². The molecule has 1 aliphatic heterocycles. The Hall–Kier alpha value is -1.83. The van der Waals surface area contributed by atoms with E-state index in [1.54, 1.807) is 25.6 Å². The molecule has 1 atom stereocenters. The monoisotopic (exact) mass is 467 g/mol. The van der Waals surface area contributed by atoms with Crippen molar-refractivity contribution in [3.8, 4) is 22.1 Å². The van der Waals surface area contributed by atoms with Crippen molar-refractivity contribution in [2.24, 2.45) is 0 Å². The predicted octanol–water partition coefficient (Wildman–Crippen LogP) is 4.82. The minimum absolute atomic E-state index is 0. The maximum atomic E-state index is 5.60. The number of para-hydroxylation sites is 1. The Kier molecular flexibility index (Phi) is 9.39. The summed E-state index contributed by atoms with van der Waals surface area (Å²) >= 11 is 1.69. The van der Waals surface area contributed by atoms with E-state index in [2.05, 4.69) is 39.9 Å². The van der Waals surface area contributed by atoms with Gasteiger partial charge in [-0.25, -0.2) is 4.98 Å². The van der Waals surface area contributed by atoms with Crippen molar-refractivity contribution in [3.05, 3.63) is 65.2 Å². The summed E-state index contributed by atoms with van der Waals surface area (Å²) in [5.41, 5.74) is 3.46. The highest BCUT2D eigenvalue weighted by molar-refractivity contribution is 7.13. The van der Waals surface area contributed by atoms with Crippen molar-refractivity contribution < 1.29 is 9.47 Å². The zero-order chi connectivity index (χ0) is 19.3. The molecule has 1 fully saturated rings. The minimum Gasteiger partial charge on any atom is -0.497 e. The van der Waals surface area contributed by atoms with Crippen LogP contribution in [0, 0.1) is 0 Å². The molecule has 2 aromatic carbocycles. The van der Waals surface area contributed by atoms with Gasteiger partial charge in [0.1, 0.15) is 16.5 Å². The summed E-state index contributed by atoms with van der Waals surface area (Å²) in [5.74, 6) is 1.80. The van der Waals surface area contributed by atoms with E-state index in [1.165, 1.54) is 5.56 Å². The maximum absolute atomic E-state index is 5.60. The highest BCUT2D eigenvalue weighted by Gasteiger charge is 2.26. The van der Waals surface area contributed by atoms with Crippen molar-refractivity contribution in [2.45, 2.75) is 12.6 Å². The van der Waals surface area contributed by atoms with Crippen LogP contribution in [0.5, 0.6) is 11.5 Å². The van der Waals surface area contributed by atoms with Gasteiger partial charge in [-0.1, -0.05) is 18.2 Å². The fourth-order valence-corrected chi connectivity index (χ4v) is 4.45. The second kappa shape index (κ2) is 11.5. The molecular formula is C22H27Cl2N3O2S. The van der Waals surface area contributed by atoms with Crippen molar-refractivity contribution >= 4 is 36.2 Å². The van der Waals surface area contributed by atoms with Crippen LogP contribution in [0.25, 0.3) is 10.6 Å². The van der Waals surface area contributed by atoms with Gasteiger partial charge in [0.15, 0.2) is 0 Å². The molecule has 0 spiro atoms. The molecule has 5 nitrogen and oxygen atoms in total. The molecule has 1 unspecified atom stereocenters. The lowest BCUT2D eigenvalue weighted by Gasteiger charge is -2.36. The molecule has 3 aromatic rings. The minimum atomic E-state index is 0. The predicted molar refractivity (Wildman–Crippen MR) is 128 cm³/mol. The highest BCUT2D eigenvalue weighted by atomic mass is 35.5. The summed E-state index contributed by atoms with van der Waals surface area (Å²) in [5, 5.41) is 6.73. The fourth-order valence-electron chi connectivity index (χ4n) is 3.64. The molecule has 162 valence electrons. The second-order valence-corrected chi connectivity index (χ2v) is 7.66. The summed E-state index contributed by atoms with van der Waals surface area (Å²) in [7, 11) is 3.42. The van der Waals surface area contributed by atoms with E-state index in [9.17, 15) is 0 Å². The average molecular weight is 468 g/mol. The van der Waals surface area contributed by atoms with E-state index < -0.39 is 0 Å². The number of rotatable bonds is 6. The first-order valence-electron chi connectivity index (χ1n) is 9.45. The van der Waals surface area contributed by atoms with Crippen molar-refractivity contribution in [2.75, 3.05) is 33.9 Å². The van der Waals surface area contributed by atoms with Crippen LogP contribution in [0.4, 0.5) is 0 Å². The molecule has 8 heteroatoms. The van der Waals surface area contributed by atoms with Gasteiger partial charge in [0.2, 0.25) is 0 Å². The molecule has 0 saturated carbocycles. The number of thiazole rings is 1. The molecule has 1 saturated heterocycles. The van der Waals surface area contributed by atoms with Crippen LogP contribution >= 0.6 is 36.2 Å². The summed E-state index contributed by atoms with van der Waals surface area (Å²) < 4.78 is 10.8. The zero-order valence-electron chi connectivity index (χ0n) is 17.0. The van der Waals surface area contributed by atoms with Crippen LogP contribution in [0.2, 0.25) is 0 Å². The first kappa shape index (κ1) is 24.4. The number of aromatic nitrogens is 1. The number of ether oxygens (including phenoxy) is 2. The lowest BCUT2D eigenvalue weighted by atomic mass is 10.0. The molecule has 0 bridgehead atoms. The molecule has 4 rings (SSSR count). The van der Waals surface area contributed by atoms with E-state index in [0.29, 0.717) is 0 Å². The lowest BCUT2D eigenvalue weighted by Crippen LogP contribution is -2.45. The van der Waals surface area contributed by atoms with Gasteiger partial charge in [-0.2, -0.15) is 0 Å². The van der Waals surface area contributed by atoms with Crippen LogP contribution in [0.1, 0.15) is 17.3 Å². The normalized spacial score (nSPS) is 16.3. The third kappa shape index (κ3) is 5.45. The summed E-state index contributed by atoms with van der Waals surface area (Å²) in [6, 6.07) is 16.6. The van der Waals surface area contributed by atoms with Crippen LogP contribution in [-0.2, 0) is 6.54 Å². The summed E-state index contributed by atoms with van der Waals surface area (Å²) in [6.45, 7) is 3.71. The third-order valence-electron chi connectivity index (χ3n) is 5.11. The lowest BCUT2D eigenvalue weighted by molar-refractivity contribution is 0.149. The number of hydrogen-bond acceptors (Lipinski definition) is 6. The third-order valence-corrected chi connectivity index (χ3v) is 6.05. The van der Waals surface area contributed by atoms with Gasteiger partial charge >= 0.3 is 0 Å². The molecule has 2 heterocycles. The van der Waals surface area contributed by atoms with Gasteiger partial charge in [0.25, 0.3) is 0 Å². The van der Waals surface area contributed by atoms with Crippen LogP contribution < -0.4 is 14.8 Å². The first-order chi connectivity index (χ1) is 13.8. The standard InChI is InChI=1S/C22H25N3O2S.2ClH/c1-26-18-9-7-16(8-10-18)22-24-17(15-28-22)14-25-12-11-23-13-20(25)19-5-3-4-6-21(19)27-2;;/h3-10,15,20,23H,11-14H2,1-2H3;2*1H. The Morgan fingerprint density at radius 2 is 1.83 bits per heavy atom. The molecule has 0 aliphatic carbocycles. The Balaban J connectivity index is 0.00000160. The van der Waals surface area contributed by atoms with Gasteiger partial charge < -0.3 is 14.8 Å². The number of halogens is 2. The molecule has 30 heavy (non-hydrogen) atoms. The Bertz CT molecular complexity index is 921. The number of nitrogens with one attached hydrogen (secondary N) is 1. The number of piperazine rings is 1. The van der Waals surface area contributed by atoms with E-state index in [0.717, 1.165) is 53.9 Å². The quantitative estimate of drug-likeness (QED) is 0.562. The molecular weight excluding hydrogens is 441 g/mol. The zero-order valence-corrected chi connectivity index (χ0v) is 19.5. The summed E-state index contributed by atoms with van der Waals surface area (Å²) in [6.07, 6.45) is 0. The van der Waals surface area contributed by atoms with E-state index in [4.69, 9.17) is 14.5 Å². The van der Waals surface area contributed by atoms with Gasteiger partial charge in [0, 0.05) is 42.7 Å². The van der Waals surface area contributed by atoms with Crippen molar-refractivity contribution in [3.63, 3.8) is 0 Å². The largest absolute Gasteiger partial charge is 0.497 e. The van der Waals surface area contributed by atoms with E-state index >= 15 is 0 Å². The Morgan fingerprint density at radius 3 is 2.57 bits per heavy atom. The number of nitrogens with zero attached hydrogens (tertiary/aromatic N) is 2. The molecule has 1 N–H and O–H groups in total. The van der Waals surface area contributed by atoms with Crippen molar-refractivity contribution in [1.29, 1.82) is 0 Å². The number of benzene rings is 2.